The molecule has 15 heavy (non-hydrogen) atoms. The maximum Gasteiger partial charge on any atom is 0.248 e. The van der Waals surface area contributed by atoms with Gasteiger partial charge in [0, 0.05) is 12.1 Å². The van der Waals surface area contributed by atoms with Gasteiger partial charge in [-0.15, -0.1) is 0 Å². The Balaban J connectivity index is 0.000000337. The van der Waals surface area contributed by atoms with E-state index >= 15 is 0 Å². The van der Waals surface area contributed by atoms with Crippen molar-refractivity contribution in [1.29, 1.82) is 0 Å². The van der Waals surface area contributed by atoms with Crippen LogP contribution >= 0.6 is 0 Å². The molecule has 80 valence electrons. The topological polar surface area (TPSA) is 53.1 Å². The fourth-order valence-corrected chi connectivity index (χ4v) is 1.14. The molecule has 1 aromatic carbocycles. The number of phenols is 1. The zero-order valence-corrected chi connectivity index (χ0v) is 8.95. The zero-order chi connectivity index (χ0) is 11.3. The molecule has 2 aromatic rings. The normalized spacial score (nSPS) is 9.47. The summed E-state index contributed by atoms with van der Waals surface area (Å²) >= 11 is 0. The second-order valence-electron chi connectivity index (χ2n) is 3.30. The van der Waals surface area contributed by atoms with E-state index in [0.717, 1.165) is 5.39 Å². The van der Waals surface area contributed by atoms with Gasteiger partial charge >= 0.3 is 0 Å². The van der Waals surface area contributed by atoms with Gasteiger partial charge in [0.25, 0.3) is 0 Å². The second-order valence-corrected chi connectivity index (χ2v) is 3.30. The van der Waals surface area contributed by atoms with E-state index < -0.39 is 0 Å². The molecule has 3 nitrogen and oxygen atoms in total. The summed E-state index contributed by atoms with van der Waals surface area (Å²) in [6, 6.07) is 8.03. The van der Waals surface area contributed by atoms with E-state index in [-0.39, 0.29) is 11.3 Å². The van der Waals surface area contributed by atoms with Gasteiger partial charge in [-0.1, -0.05) is 20.3 Å². The van der Waals surface area contributed by atoms with Crippen LogP contribution in [-0.4, -0.2) is 10.1 Å². The highest BCUT2D eigenvalue weighted by molar-refractivity contribution is 5.79. The molecule has 0 spiro atoms. The quantitative estimate of drug-likeness (QED) is 0.694. The Morgan fingerprint density at radius 1 is 1.20 bits per heavy atom. The van der Waals surface area contributed by atoms with E-state index in [1.54, 1.807) is 18.2 Å². The van der Waals surface area contributed by atoms with E-state index in [4.69, 9.17) is 5.11 Å². The van der Waals surface area contributed by atoms with Gasteiger partial charge in [-0.2, -0.15) is 0 Å². The third-order valence-electron chi connectivity index (χ3n) is 1.71. The minimum absolute atomic E-state index is 0.157. The van der Waals surface area contributed by atoms with Crippen molar-refractivity contribution in [3.05, 3.63) is 40.7 Å². The number of fused-ring (bicyclic) bond motifs is 1. The second kappa shape index (κ2) is 5.20. The Morgan fingerprint density at radius 3 is 2.47 bits per heavy atom. The molecule has 1 heterocycles. The highest BCUT2D eigenvalue weighted by atomic mass is 16.3. The predicted octanol–water partition coefficient (Wildman–Crippen LogP) is 2.65. The van der Waals surface area contributed by atoms with E-state index in [9.17, 15) is 4.79 Å². The Morgan fingerprint density at radius 2 is 1.80 bits per heavy atom. The van der Waals surface area contributed by atoms with Crippen LogP contribution in [0.1, 0.15) is 20.3 Å². The molecule has 0 radical (unpaired) electrons. The molecular weight excluding hydrogens is 190 g/mol. The maximum absolute atomic E-state index is 10.9. The molecule has 0 bridgehead atoms. The molecule has 0 unspecified atom stereocenters. The smallest absolute Gasteiger partial charge is 0.248 e. The molecule has 0 aliphatic carbocycles. The lowest BCUT2D eigenvalue weighted by atomic mass is 10.2. The van der Waals surface area contributed by atoms with Gasteiger partial charge in [-0.25, -0.2) is 0 Å². The standard InChI is InChI=1S/C9H7NO2.C3H8/c11-7-3-1-6-2-4-9(12)10-8(6)5-7;1-3-2/h1-5,11H,(H,10,12);3H2,1-2H3. The summed E-state index contributed by atoms with van der Waals surface area (Å²) in [5.41, 5.74) is 0.496. The first-order chi connectivity index (χ1) is 7.17. The number of H-pyrrole nitrogens is 1. The molecule has 2 N–H and O–H groups in total. The summed E-state index contributed by atoms with van der Waals surface area (Å²) in [6.45, 7) is 4.25. The molecule has 0 saturated carbocycles. The molecule has 3 heteroatoms. The summed E-state index contributed by atoms with van der Waals surface area (Å²) in [6.07, 6.45) is 1.25. The van der Waals surface area contributed by atoms with Gasteiger partial charge in [-0.05, 0) is 23.6 Å². The van der Waals surface area contributed by atoms with Crippen LogP contribution < -0.4 is 5.56 Å². The van der Waals surface area contributed by atoms with Crippen LogP contribution in [-0.2, 0) is 0 Å². The third-order valence-corrected chi connectivity index (χ3v) is 1.71. The summed E-state index contributed by atoms with van der Waals surface area (Å²) < 4.78 is 0. The summed E-state index contributed by atoms with van der Waals surface area (Å²) in [7, 11) is 0. The number of nitrogens with one attached hydrogen (secondary N) is 1. The average molecular weight is 205 g/mol. The number of pyridine rings is 1. The number of aromatic hydroxyl groups is 1. The van der Waals surface area contributed by atoms with Crippen molar-refractivity contribution in [3.63, 3.8) is 0 Å². The average Bonchev–Trinajstić information content (AvgIpc) is 2.18. The molecule has 1 aromatic heterocycles. The van der Waals surface area contributed by atoms with Crippen LogP contribution in [0.15, 0.2) is 35.1 Å². The van der Waals surface area contributed by atoms with Crippen LogP contribution in [0.5, 0.6) is 5.75 Å². The van der Waals surface area contributed by atoms with Crippen molar-refractivity contribution in [2.75, 3.05) is 0 Å². The number of hydrogen-bond donors (Lipinski definition) is 2. The highest BCUT2D eigenvalue weighted by Gasteiger charge is 1.94. The van der Waals surface area contributed by atoms with Gasteiger partial charge in [-0.3, -0.25) is 4.79 Å². The van der Waals surface area contributed by atoms with Crippen molar-refractivity contribution in [3.8, 4) is 5.75 Å². The van der Waals surface area contributed by atoms with Gasteiger partial charge < -0.3 is 10.1 Å². The van der Waals surface area contributed by atoms with Crippen LogP contribution in [0, 0.1) is 0 Å². The number of aromatic amines is 1. The fraction of sp³-hybridized carbons (Fsp3) is 0.250. The number of phenolic OH excluding ortho intramolecular Hbond substituents is 1. The minimum atomic E-state index is -0.159. The van der Waals surface area contributed by atoms with Crippen LogP contribution in [0.2, 0.25) is 0 Å². The molecular formula is C12H15NO2. The lowest BCUT2D eigenvalue weighted by molar-refractivity contribution is 0.476. The Hall–Kier alpha value is -1.77. The molecule has 0 aliphatic heterocycles. The summed E-state index contributed by atoms with van der Waals surface area (Å²) in [4.78, 5) is 13.5. The molecule has 0 saturated heterocycles. The lowest BCUT2D eigenvalue weighted by Gasteiger charge is -1.96. The highest BCUT2D eigenvalue weighted by Crippen LogP contribution is 2.15. The number of hydrogen-bond acceptors (Lipinski definition) is 2. The summed E-state index contributed by atoms with van der Waals surface area (Å²) in [5.74, 6) is 0.157. The zero-order valence-electron chi connectivity index (χ0n) is 8.95. The number of benzene rings is 1. The molecule has 0 amide bonds. The lowest BCUT2D eigenvalue weighted by Crippen LogP contribution is -2.01. The van der Waals surface area contributed by atoms with Gasteiger partial charge in [0.1, 0.15) is 5.75 Å². The Bertz CT molecular complexity index is 488. The van der Waals surface area contributed by atoms with Crippen molar-refractivity contribution < 1.29 is 5.11 Å². The largest absolute Gasteiger partial charge is 0.508 e. The third kappa shape index (κ3) is 3.13. The first kappa shape index (κ1) is 11.3. The van der Waals surface area contributed by atoms with Gasteiger partial charge in [0.05, 0.1) is 5.52 Å². The van der Waals surface area contributed by atoms with Crippen molar-refractivity contribution in [1.82, 2.24) is 4.98 Å². The van der Waals surface area contributed by atoms with Gasteiger partial charge in [0.15, 0.2) is 0 Å². The molecule has 0 aliphatic rings. The van der Waals surface area contributed by atoms with E-state index in [1.165, 1.54) is 18.6 Å². The molecule has 0 fully saturated rings. The monoisotopic (exact) mass is 205 g/mol. The van der Waals surface area contributed by atoms with Crippen LogP contribution in [0.3, 0.4) is 0 Å². The van der Waals surface area contributed by atoms with Crippen molar-refractivity contribution >= 4 is 10.9 Å². The van der Waals surface area contributed by atoms with E-state index in [0.29, 0.717) is 5.52 Å². The Labute approximate surface area is 88.4 Å². The first-order valence-electron chi connectivity index (χ1n) is 4.99. The molecule has 0 atom stereocenters. The SMILES string of the molecule is CCC.O=c1ccc2ccc(O)cc2[nH]1. The van der Waals surface area contributed by atoms with Crippen LogP contribution in [0.4, 0.5) is 0 Å². The summed E-state index contributed by atoms with van der Waals surface area (Å²) in [5, 5.41) is 10.0. The number of rotatable bonds is 0. The number of aromatic nitrogens is 1. The fourth-order valence-electron chi connectivity index (χ4n) is 1.14. The van der Waals surface area contributed by atoms with Crippen LogP contribution in [0.25, 0.3) is 10.9 Å². The minimum Gasteiger partial charge on any atom is -0.508 e. The van der Waals surface area contributed by atoms with Gasteiger partial charge in [0.2, 0.25) is 5.56 Å². The molecule has 2 rings (SSSR count). The maximum atomic E-state index is 10.9. The van der Waals surface area contributed by atoms with E-state index in [2.05, 4.69) is 18.8 Å². The van der Waals surface area contributed by atoms with Crippen molar-refractivity contribution in [2.45, 2.75) is 20.3 Å². The first-order valence-corrected chi connectivity index (χ1v) is 4.99. The van der Waals surface area contributed by atoms with E-state index in [1.807, 2.05) is 0 Å². The Kier molecular flexibility index (Phi) is 3.92. The van der Waals surface area contributed by atoms with Crippen molar-refractivity contribution in [2.24, 2.45) is 0 Å². The predicted molar refractivity (Wildman–Crippen MR) is 62.2 cm³/mol.